The number of hydrogen-bond donors (Lipinski definition) is 0. The number of ether oxygens (including phenoxy) is 2. The fraction of sp³-hybridized carbons (Fsp3) is 0.240. The van der Waals surface area contributed by atoms with Crippen molar-refractivity contribution in [3.63, 3.8) is 0 Å². The number of para-hydroxylation sites is 1. The number of fused-ring (bicyclic) bond motifs is 1. The van der Waals surface area contributed by atoms with Crippen LogP contribution in [0.15, 0.2) is 71.6 Å². The van der Waals surface area contributed by atoms with Crippen LogP contribution in [-0.4, -0.2) is 46.5 Å². The summed E-state index contributed by atoms with van der Waals surface area (Å²) in [5.74, 6) is -0.608. The van der Waals surface area contributed by atoms with Gasteiger partial charge >= 0.3 is 0 Å². The number of carbonyl (C=O) groups is 1. The lowest BCUT2D eigenvalue weighted by Crippen LogP contribution is -2.45. The van der Waals surface area contributed by atoms with Crippen LogP contribution in [-0.2, 0) is 27.8 Å². The lowest BCUT2D eigenvalue weighted by molar-refractivity contribution is -0.130. The van der Waals surface area contributed by atoms with E-state index in [1.54, 1.807) is 4.90 Å². The van der Waals surface area contributed by atoms with Crippen molar-refractivity contribution in [2.75, 3.05) is 31.6 Å². The predicted octanol–water partition coefficient (Wildman–Crippen LogP) is 3.62. The Morgan fingerprint density at radius 1 is 0.971 bits per heavy atom. The molecule has 0 unspecified atom stereocenters. The highest BCUT2D eigenvalue weighted by Crippen LogP contribution is 2.33. The third-order valence-corrected chi connectivity index (χ3v) is 7.58. The number of nitrogens with zero attached hydrogens (tertiary/aromatic N) is 2. The minimum Gasteiger partial charge on any atom is -0.493 e. The van der Waals surface area contributed by atoms with Crippen molar-refractivity contribution < 1.29 is 27.1 Å². The van der Waals surface area contributed by atoms with Crippen molar-refractivity contribution >= 4 is 21.6 Å². The summed E-state index contributed by atoms with van der Waals surface area (Å²) >= 11 is 0. The zero-order valence-corrected chi connectivity index (χ0v) is 19.7. The maximum Gasteiger partial charge on any atom is 0.265 e. The molecule has 3 aromatic rings. The van der Waals surface area contributed by atoms with E-state index in [9.17, 15) is 17.6 Å². The Bertz CT molecular complexity index is 1310. The quantitative estimate of drug-likeness (QED) is 0.512. The number of amides is 1. The second-order valence-corrected chi connectivity index (χ2v) is 9.68. The van der Waals surface area contributed by atoms with Gasteiger partial charge < -0.3 is 14.4 Å². The first-order valence-corrected chi connectivity index (χ1v) is 12.1. The van der Waals surface area contributed by atoms with Gasteiger partial charge in [-0.2, -0.15) is 0 Å². The molecule has 0 fully saturated rings. The normalized spacial score (nSPS) is 13.2. The fourth-order valence-electron chi connectivity index (χ4n) is 3.99. The minimum atomic E-state index is -4.32. The van der Waals surface area contributed by atoms with Crippen LogP contribution in [0.3, 0.4) is 0 Å². The average molecular weight is 485 g/mol. The van der Waals surface area contributed by atoms with E-state index in [1.807, 2.05) is 24.3 Å². The molecule has 34 heavy (non-hydrogen) atoms. The van der Waals surface area contributed by atoms with Gasteiger partial charge in [0, 0.05) is 19.2 Å². The Morgan fingerprint density at radius 2 is 1.65 bits per heavy atom. The molecule has 1 amide bonds. The zero-order chi connectivity index (χ0) is 24.3. The third kappa shape index (κ3) is 4.56. The van der Waals surface area contributed by atoms with Gasteiger partial charge in [-0.15, -0.1) is 0 Å². The molecular weight excluding hydrogens is 459 g/mol. The second kappa shape index (κ2) is 9.72. The van der Waals surface area contributed by atoms with Crippen LogP contribution < -0.4 is 13.8 Å². The van der Waals surface area contributed by atoms with E-state index in [-0.39, 0.29) is 16.3 Å². The first-order valence-electron chi connectivity index (χ1n) is 10.7. The van der Waals surface area contributed by atoms with Gasteiger partial charge in [0.2, 0.25) is 5.91 Å². The summed E-state index contributed by atoms with van der Waals surface area (Å²) in [7, 11) is -1.49. The highest BCUT2D eigenvalue weighted by atomic mass is 32.2. The van der Waals surface area contributed by atoms with Crippen molar-refractivity contribution in [3.8, 4) is 11.5 Å². The highest BCUT2D eigenvalue weighted by molar-refractivity contribution is 7.92. The molecule has 4 rings (SSSR count). The Balaban J connectivity index is 1.69. The molecule has 0 aromatic heterocycles. The van der Waals surface area contributed by atoms with Crippen LogP contribution in [0.5, 0.6) is 11.5 Å². The minimum absolute atomic E-state index is 0.148. The van der Waals surface area contributed by atoms with Gasteiger partial charge in [-0.3, -0.25) is 9.10 Å². The highest BCUT2D eigenvalue weighted by Gasteiger charge is 2.32. The lowest BCUT2D eigenvalue weighted by atomic mass is 10.00. The van der Waals surface area contributed by atoms with Gasteiger partial charge in [-0.25, -0.2) is 12.8 Å². The number of hydrogen-bond acceptors (Lipinski definition) is 5. The van der Waals surface area contributed by atoms with Crippen molar-refractivity contribution in [2.24, 2.45) is 0 Å². The van der Waals surface area contributed by atoms with Crippen molar-refractivity contribution in [1.29, 1.82) is 0 Å². The lowest BCUT2D eigenvalue weighted by Gasteiger charge is -2.32. The van der Waals surface area contributed by atoms with Gasteiger partial charge in [0.25, 0.3) is 10.0 Å². The van der Waals surface area contributed by atoms with E-state index in [4.69, 9.17) is 9.47 Å². The molecule has 0 saturated carbocycles. The van der Waals surface area contributed by atoms with E-state index < -0.39 is 28.3 Å². The van der Waals surface area contributed by atoms with Crippen molar-refractivity contribution in [2.45, 2.75) is 17.9 Å². The maximum absolute atomic E-state index is 14.8. The Labute approximate surface area is 198 Å². The SMILES string of the molecule is COc1ccc(S(=O)(=O)N(CC(=O)N2CCc3ccccc3C2)c2ccccc2F)cc1OC. The first-order chi connectivity index (χ1) is 16.3. The molecule has 1 aliphatic heterocycles. The van der Waals surface area contributed by atoms with E-state index in [2.05, 4.69) is 0 Å². The van der Waals surface area contributed by atoms with Crippen LogP contribution in [0, 0.1) is 5.82 Å². The standard InChI is InChI=1S/C25H25FN2O5S/c1-32-23-12-11-20(15-24(23)33-2)34(30,31)28(22-10-6-5-9-21(22)26)17-25(29)27-14-13-18-7-3-4-8-19(18)16-27/h3-12,15H,13-14,16-17H2,1-2H3. The van der Waals surface area contributed by atoms with Crippen LogP contribution in [0.2, 0.25) is 0 Å². The summed E-state index contributed by atoms with van der Waals surface area (Å²) in [5.41, 5.74) is 1.97. The molecule has 0 radical (unpaired) electrons. The molecule has 178 valence electrons. The third-order valence-electron chi connectivity index (χ3n) is 5.83. The zero-order valence-electron chi connectivity index (χ0n) is 18.9. The molecular formula is C25H25FN2O5S. The molecule has 1 aliphatic rings. The van der Waals surface area contributed by atoms with E-state index in [0.29, 0.717) is 25.3 Å². The molecule has 1 heterocycles. The average Bonchev–Trinajstić information content (AvgIpc) is 2.86. The van der Waals surface area contributed by atoms with Crippen LogP contribution in [0.4, 0.5) is 10.1 Å². The maximum atomic E-state index is 14.8. The monoisotopic (exact) mass is 484 g/mol. The fourth-order valence-corrected chi connectivity index (χ4v) is 5.43. The van der Waals surface area contributed by atoms with Gasteiger partial charge in [0.15, 0.2) is 11.5 Å². The van der Waals surface area contributed by atoms with Crippen molar-refractivity contribution in [1.82, 2.24) is 4.90 Å². The van der Waals surface area contributed by atoms with Crippen LogP contribution in [0.25, 0.3) is 0 Å². The molecule has 9 heteroatoms. The van der Waals surface area contributed by atoms with Crippen LogP contribution in [0.1, 0.15) is 11.1 Å². The summed E-state index contributed by atoms with van der Waals surface area (Å²) in [6.07, 6.45) is 0.671. The molecule has 0 saturated heterocycles. The number of rotatable bonds is 7. The van der Waals surface area contributed by atoms with Gasteiger partial charge in [0.05, 0.1) is 24.8 Å². The van der Waals surface area contributed by atoms with Gasteiger partial charge in [0.1, 0.15) is 12.4 Å². The van der Waals surface area contributed by atoms with E-state index >= 15 is 0 Å². The Hall–Kier alpha value is -3.59. The van der Waals surface area contributed by atoms with E-state index in [1.165, 1.54) is 50.6 Å². The van der Waals surface area contributed by atoms with Crippen LogP contribution >= 0.6 is 0 Å². The second-order valence-electron chi connectivity index (χ2n) is 7.81. The predicted molar refractivity (Wildman–Crippen MR) is 126 cm³/mol. The summed E-state index contributed by atoms with van der Waals surface area (Å²) in [6, 6.07) is 17.4. The first kappa shape index (κ1) is 23.6. The smallest absolute Gasteiger partial charge is 0.265 e. The number of halogens is 1. The largest absolute Gasteiger partial charge is 0.493 e. The molecule has 3 aromatic carbocycles. The molecule has 0 aliphatic carbocycles. The number of benzene rings is 3. The Morgan fingerprint density at radius 3 is 2.35 bits per heavy atom. The van der Waals surface area contributed by atoms with Crippen molar-refractivity contribution in [3.05, 3.63) is 83.7 Å². The molecule has 7 nitrogen and oxygen atoms in total. The molecule has 0 N–H and O–H groups in total. The Kier molecular flexibility index (Phi) is 6.74. The van der Waals surface area contributed by atoms with Gasteiger partial charge in [-0.05, 0) is 41.8 Å². The number of anilines is 1. The molecule has 0 bridgehead atoms. The number of sulfonamides is 1. The summed E-state index contributed by atoms with van der Waals surface area (Å²) < 4.78 is 53.3. The topological polar surface area (TPSA) is 76.2 Å². The summed E-state index contributed by atoms with van der Waals surface area (Å²) in [5, 5.41) is 0. The van der Waals surface area contributed by atoms with E-state index in [0.717, 1.165) is 21.5 Å². The molecule has 0 spiro atoms. The van der Waals surface area contributed by atoms with Gasteiger partial charge in [-0.1, -0.05) is 36.4 Å². The summed E-state index contributed by atoms with van der Waals surface area (Å²) in [6.45, 7) is 0.285. The molecule has 0 atom stereocenters. The number of carbonyl (C=O) groups excluding carboxylic acids is 1. The number of methoxy groups -OCH3 is 2. The summed E-state index contributed by atoms with van der Waals surface area (Å²) in [4.78, 5) is 14.7.